The Morgan fingerprint density at radius 3 is 2.45 bits per heavy atom. The molecule has 114 valence electrons. The van der Waals surface area contributed by atoms with E-state index in [-0.39, 0.29) is 6.61 Å². The van der Waals surface area contributed by atoms with Gasteiger partial charge in [-0.25, -0.2) is 0 Å². The van der Waals surface area contributed by atoms with Crippen LogP contribution in [0.3, 0.4) is 0 Å². The fourth-order valence-electron chi connectivity index (χ4n) is 1.64. The van der Waals surface area contributed by atoms with Gasteiger partial charge < -0.3 is 18.9 Å². The van der Waals surface area contributed by atoms with E-state index in [2.05, 4.69) is 0 Å². The van der Waals surface area contributed by atoms with E-state index in [1.807, 2.05) is 13.8 Å². The first kappa shape index (κ1) is 16.7. The van der Waals surface area contributed by atoms with Crippen molar-refractivity contribution >= 4 is 11.9 Å². The lowest BCUT2D eigenvalue weighted by molar-refractivity contribution is -0.199. The molecule has 3 atom stereocenters. The highest BCUT2D eigenvalue weighted by molar-refractivity contribution is 5.66. The summed E-state index contributed by atoms with van der Waals surface area (Å²) in [4.78, 5) is 21.9. The average Bonchev–Trinajstić information content (AvgIpc) is 2.35. The first-order valence-corrected chi connectivity index (χ1v) is 6.64. The van der Waals surface area contributed by atoms with E-state index in [0.29, 0.717) is 12.5 Å². The zero-order chi connectivity index (χ0) is 15.1. The van der Waals surface area contributed by atoms with Crippen LogP contribution < -0.4 is 0 Å². The summed E-state index contributed by atoms with van der Waals surface area (Å²) in [5.41, 5.74) is 0. The fourth-order valence-corrected chi connectivity index (χ4v) is 1.64. The maximum absolute atomic E-state index is 11.0. The van der Waals surface area contributed by atoms with Crippen LogP contribution >= 0.6 is 0 Å². The molecule has 1 heterocycles. The van der Waals surface area contributed by atoms with Crippen LogP contribution in [0.15, 0.2) is 12.2 Å². The quantitative estimate of drug-likeness (QED) is 0.543. The van der Waals surface area contributed by atoms with Crippen molar-refractivity contribution in [3.05, 3.63) is 12.2 Å². The smallest absolute Gasteiger partial charge is 0.303 e. The van der Waals surface area contributed by atoms with Crippen LogP contribution in [-0.4, -0.2) is 43.7 Å². The van der Waals surface area contributed by atoms with Crippen LogP contribution in [0.25, 0.3) is 0 Å². The molecule has 0 saturated heterocycles. The van der Waals surface area contributed by atoms with Gasteiger partial charge in [-0.3, -0.25) is 9.59 Å². The van der Waals surface area contributed by atoms with Crippen LogP contribution in [0.1, 0.15) is 27.7 Å². The minimum absolute atomic E-state index is 0.0131. The molecule has 0 aromatic carbocycles. The standard InChI is InChI=1S/C14H22O6/c1-9(2)7-18-14-6-5-12(19-11(4)16)13(20-14)8-17-10(3)15/h5-6,9,12-14H,7-8H2,1-4H3/t12-,13+,14?/m0/s1. The first-order valence-electron chi connectivity index (χ1n) is 6.64. The van der Waals surface area contributed by atoms with Gasteiger partial charge in [0.15, 0.2) is 6.29 Å². The Kier molecular flexibility index (Phi) is 6.67. The van der Waals surface area contributed by atoms with Crippen molar-refractivity contribution in [1.29, 1.82) is 0 Å². The van der Waals surface area contributed by atoms with Gasteiger partial charge in [0.05, 0.1) is 6.61 Å². The maximum atomic E-state index is 11.0. The zero-order valence-electron chi connectivity index (χ0n) is 12.3. The van der Waals surface area contributed by atoms with Crippen molar-refractivity contribution in [2.45, 2.75) is 46.2 Å². The molecule has 1 rings (SSSR count). The van der Waals surface area contributed by atoms with Crippen LogP contribution in [0, 0.1) is 5.92 Å². The Labute approximate surface area is 119 Å². The monoisotopic (exact) mass is 286 g/mol. The molecule has 6 nitrogen and oxygen atoms in total. The number of hydrogen-bond donors (Lipinski definition) is 0. The molecule has 1 aliphatic heterocycles. The molecule has 0 aliphatic carbocycles. The molecular formula is C14H22O6. The first-order chi connectivity index (χ1) is 9.38. The SMILES string of the molecule is CC(=O)OC[C@H]1OC(OCC(C)C)C=C[C@@H]1OC(C)=O. The van der Waals surface area contributed by atoms with Gasteiger partial charge in [-0.05, 0) is 18.1 Å². The number of ether oxygens (including phenoxy) is 4. The number of hydrogen-bond acceptors (Lipinski definition) is 6. The van der Waals surface area contributed by atoms with E-state index >= 15 is 0 Å². The van der Waals surface area contributed by atoms with Crippen LogP contribution in [0.4, 0.5) is 0 Å². The van der Waals surface area contributed by atoms with Crippen molar-refractivity contribution in [1.82, 2.24) is 0 Å². The topological polar surface area (TPSA) is 71.1 Å². The van der Waals surface area contributed by atoms with Gasteiger partial charge >= 0.3 is 11.9 Å². The van der Waals surface area contributed by atoms with Crippen LogP contribution in [0.2, 0.25) is 0 Å². The molecule has 0 fully saturated rings. The second kappa shape index (κ2) is 8.01. The summed E-state index contributed by atoms with van der Waals surface area (Å²) in [5, 5.41) is 0. The second-order valence-corrected chi connectivity index (χ2v) is 5.03. The molecule has 0 saturated carbocycles. The Morgan fingerprint density at radius 2 is 1.90 bits per heavy atom. The van der Waals surface area contributed by atoms with E-state index < -0.39 is 30.4 Å². The van der Waals surface area contributed by atoms with Crippen molar-refractivity contribution in [2.24, 2.45) is 5.92 Å². The third-order valence-corrected chi connectivity index (χ3v) is 2.48. The number of rotatable bonds is 6. The predicted octanol–water partition coefficient (Wildman–Crippen LogP) is 1.43. The summed E-state index contributed by atoms with van der Waals surface area (Å²) in [6.45, 7) is 7.26. The van der Waals surface area contributed by atoms with Crippen molar-refractivity contribution in [2.75, 3.05) is 13.2 Å². The van der Waals surface area contributed by atoms with Crippen LogP contribution in [-0.2, 0) is 28.5 Å². The predicted molar refractivity (Wildman–Crippen MR) is 70.8 cm³/mol. The van der Waals surface area contributed by atoms with Crippen molar-refractivity contribution < 1.29 is 28.5 Å². The highest BCUT2D eigenvalue weighted by Crippen LogP contribution is 2.18. The zero-order valence-corrected chi connectivity index (χ0v) is 12.3. The van der Waals surface area contributed by atoms with Crippen LogP contribution in [0.5, 0.6) is 0 Å². The lowest BCUT2D eigenvalue weighted by atomic mass is 10.1. The maximum Gasteiger partial charge on any atom is 0.303 e. The van der Waals surface area contributed by atoms with Gasteiger partial charge in [0.25, 0.3) is 0 Å². The molecular weight excluding hydrogens is 264 g/mol. The molecule has 20 heavy (non-hydrogen) atoms. The highest BCUT2D eigenvalue weighted by atomic mass is 16.7. The minimum atomic E-state index is -0.578. The van der Waals surface area contributed by atoms with Gasteiger partial charge in [-0.1, -0.05) is 13.8 Å². The summed E-state index contributed by atoms with van der Waals surface area (Å²) in [6.07, 6.45) is 1.73. The molecule has 0 amide bonds. The molecule has 0 bridgehead atoms. The largest absolute Gasteiger partial charge is 0.463 e. The Balaban J connectivity index is 2.61. The van der Waals surface area contributed by atoms with Gasteiger partial charge in [-0.15, -0.1) is 0 Å². The van der Waals surface area contributed by atoms with E-state index in [9.17, 15) is 9.59 Å². The molecule has 1 unspecified atom stereocenters. The van der Waals surface area contributed by atoms with Crippen molar-refractivity contribution in [3.63, 3.8) is 0 Å². The molecule has 6 heteroatoms. The third-order valence-electron chi connectivity index (χ3n) is 2.48. The summed E-state index contributed by atoms with van der Waals surface area (Å²) in [5.74, 6) is -0.452. The Hall–Kier alpha value is -1.40. The number of esters is 2. The van der Waals surface area contributed by atoms with Gasteiger partial charge in [0.1, 0.15) is 18.8 Å². The van der Waals surface area contributed by atoms with Gasteiger partial charge in [0.2, 0.25) is 0 Å². The summed E-state index contributed by atoms with van der Waals surface area (Å²) in [6, 6.07) is 0. The van der Waals surface area contributed by atoms with E-state index in [1.54, 1.807) is 12.2 Å². The highest BCUT2D eigenvalue weighted by Gasteiger charge is 2.31. The minimum Gasteiger partial charge on any atom is -0.463 e. The Morgan fingerprint density at radius 1 is 1.20 bits per heavy atom. The van der Waals surface area contributed by atoms with Crippen molar-refractivity contribution in [3.8, 4) is 0 Å². The van der Waals surface area contributed by atoms with Gasteiger partial charge in [0, 0.05) is 13.8 Å². The average molecular weight is 286 g/mol. The summed E-state index contributed by atoms with van der Waals surface area (Å²) < 4.78 is 21.2. The Bertz CT molecular complexity index is 363. The lowest BCUT2D eigenvalue weighted by Crippen LogP contribution is -2.42. The van der Waals surface area contributed by atoms with E-state index in [1.165, 1.54) is 13.8 Å². The summed E-state index contributed by atoms with van der Waals surface area (Å²) in [7, 11) is 0. The summed E-state index contributed by atoms with van der Waals surface area (Å²) >= 11 is 0. The molecule has 0 radical (unpaired) electrons. The second-order valence-electron chi connectivity index (χ2n) is 5.03. The molecule has 0 aromatic rings. The number of carbonyl (C=O) groups excluding carboxylic acids is 2. The molecule has 0 aromatic heterocycles. The molecule has 0 spiro atoms. The molecule has 0 N–H and O–H groups in total. The normalized spacial score (nSPS) is 25.6. The molecule has 1 aliphatic rings. The number of carbonyl (C=O) groups is 2. The lowest BCUT2D eigenvalue weighted by Gasteiger charge is -2.31. The van der Waals surface area contributed by atoms with Gasteiger partial charge in [-0.2, -0.15) is 0 Å². The fraction of sp³-hybridized carbons (Fsp3) is 0.714. The van der Waals surface area contributed by atoms with E-state index in [0.717, 1.165) is 0 Å². The third kappa shape index (κ3) is 6.16. The van der Waals surface area contributed by atoms with E-state index in [4.69, 9.17) is 18.9 Å².